The zero-order valence-electron chi connectivity index (χ0n) is 8.05. The number of hydrogen-bond acceptors (Lipinski definition) is 2. The molecule has 0 aromatic carbocycles. The van der Waals surface area contributed by atoms with Gasteiger partial charge in [0.1, 0.15) is 0 Å². The van der Waals surface area contributed by atoms with Crippen molar-refractivity contribution in [3.05, 3.63) is 0 Å². The summed E-state index contributed by atoms with van der Waals surface area (Å²) < 4.78 is 5.49. The Kier molecular flexibility index (Phi) is 2.37. The summed E-state index contributed by atoms with van der Waals surface area (Å²) in [7, 11) is 0. The summed E-state index contributed by atoms with van der Waals surface area (Å²) in [6.07, 6.45) is 2.77. The Morgan fingerprint density at radius 1 is 1.08 bits per heavy atom. The van der Waals surface area contributed by atoms with E-state index in [1.54, 1.807) is 0 Å². The van der Waals surface area contributed by atoms with Crippen LogP contribution < -0.4 is 5.32 Å². The van der Waals surface area contributed by atoms with Crippen molar-refractivity contribution >= 4 is 0 Å². The Balaban J connectivity index is 1.88. The molecule has 1 saturated heterocycles. The van der Waals surface area contributed by atoms with E-state index in [1.807, 2.05) is 0 Å². The molecule has 2 atom stereocenters. The molecule has 0 radical (unpaired) electrons. The molecule has 2 rings (SSSR count). The lowest BCUT2D eigenvalue weighted by molar-refractivity contribution is 0.00147. The van der Waals surface area contributed by atoms with Gasteiger partial charge in [-0.25, -0.2) is 0 Å². The first-order valence-corrected chi connectivity index (χ1v) is 5.11. The third-order valence-corrected chi connectivity index (χ3v) is 2.99. The summed E-state index contributed by atoms with van der Waals surface area (Å²) in [5, 5.41) is 3.71. The normalized spacial score (nSPS) is 38.5. The molecule has 0 bridgehead atoms. The minimum Gasteiger partial charge on any atom is -0.381 e. The van der Waals surface area contributed by atoms with Gasteiger partial charge in [0.2, 0.25) is 0 Å². The quantitative estimate of drug-likeness (QED) is 0.675. The summed E-state index contributed by atoms with van der Waals surface area (Å²) in [4.78, 5) is 0. The van der Waals surface area contributed by atoms with Gasteiger partial charge in [-0.1, -0.05) is 13.8 Å². The van der Waals surface area contributed by atoms with Crippen LogP contribution in [0.2, 0.25) is 0 Å². The predicted octanol–water partition coefficient (Wildman–Crippen LogP) is 1.41. The van der Waals surface area contributed by atoms with Crippen LogP contribution in [-0.2, 0) is 4.74 Å². The maximum absolute atomic E-state index is 5.49. The molecule has 2 nitrogen and oxygen atoms in total. The first kappa shape index (κ1) is 8.52. The lowest BCUT2D eigenvalue weighted by atomic mass is 9.89. The van der Waals surface area contributed by atoms with Gasteiger partial charge in [-0.2, -0.15) is 0 Å². The lowest BCUT2D eigenvalue weighted by Crippen LogP contribution is -2.48. The maximum Gasteiger partial charge on any atom is 0.0506 e. The molecule has 0 aromatic rings. The van der Waals surface area contributed by atoms with Gasteiger partial charge in [-0.3, -0.25) is 0 Å². The SMILES string of the molecule is C[C@@H]1COC[C@@H](C)C1NC1CC1. The Morgan fingerprint density at radius 2 is 1.67 bits per heavy atom. The van der Waals surface area contributed by atoms with Crippen LogP contribution in [0.25, 0.3) is 0 Å². The molecule has 2 fully saturated rings. The maximum atomic E-state index is 5.49. The minimum atomic E-state index is 0.689. The van der Waals surface area contributed by atoms with Gasteiger partial charge in [0.25, 0.3) is 0 Å². The van der Waals surface area contributed by atoms with E-state index in [0.29, 0.717) is 17.9 Å². The van der Waals surface area contributed by atoms with Crippen molar-refractivity contribution in [1.29, 1.82) is 0 Å². The van der Waals surface area contributed by atoms with Gasteiger partial charge < -0.3 is 10.1 Å². The third kappa shape index (κ3) is 1.80. The fourth-order valence-corrected chi connectivity index (χ4v) is 2.06. The van der Waals surface area contributed by atoms with Gasteiger partial charge in [0.05, 0.1) is 13.2 Å². The average Bonchev–Trinajstić information content (AvgIpc) is 2.80. The Hall–Kier alpha value is -0.0800. The molecule has 12 heavy (non-hydrogen) atoms. The molecule has 1 heterocycles. The average molecular weight is 169 g/mol. The van der Waals surface area contributed by atoms with E-state index < -0.39 is 0 Å². The minimum absolute atomic E-state index is 0.689. The van der Waals surface area contributed by atoms with Crippen molar-refractivity contribution < 1.29 is 4.74 Å². The fourth-order valence-electron chi connectivity index (χ4n) is 2.06. The summed E-state index contributed by atoms with van der Waals surface area (Å²) in [5.41, 5.74) is 0. The van der Waals surface area contributed by atoms with Crippen LogP contribution in [0.3, 0.4) is 0 Å². The van der Waals surface area contributed by atoms with Crippen molar-refractivity contribution in [3.8, 4) is 0 Å². The second-order valence-electron chi connectivity index (χ2n) is 4.46. The van der Waals surface area contributed by atoms with Crippen molar-refractivity contribution in [2.24, 2.45) is 11.8 Å². The molecular formula is C10H19NO. The van der Waals surface area contributed by atoms with Crippen LogP contribution in [0.1, 0.15) is 26.7 Å². The smallest absolute Gasteiger partial charge is 0.0506 e. The molecule has 0 aromatic heterocycles. The molecular weight excluding hydrogens is 150 g/mol. The number of rotatable bonds is 2. The van der Waals surface area contributed by atoms with Gasteiger partial charge in [-0.05, 0) is 24.7 Å². The summed E-state index contributed by atoms with van der Waals surface area (Å²) >= 11 is 0. The summed E-state index contributed by atoms with van der Waals surface area (Å²) in [6.45, 7) is 6.45. The third-order valence-electron chi connectivity index (χ3n) is 2.99. The Labute approximate surface area is 74.7 Å². The Morgan fingerprint density at radius 3 is 2.17 bits per heavy atom. The second-order valence-corrected chi connectivity index (χ2v) is 4.46. The molecule has 70 valence electrons. The van der Waals surface area contributed by atoms with Crippen molar-refractivity contribution in [2.75, 3.05) is 13.2 Å². The van der Waals surface area contributed by atoms with Gasteiger partial charge in [0, 0.05) is 12.1 Å². The first-order chi connectivity index (χ1) is 5.77. The lowest BCUT2D eigenvalue weighted by Gasteiger charge is -2.35. The topological polar surface area (TPSA) is 21.3 Å². The van der Waals surface area contributed by atoms with Crippen LogP contribution in [0, 0.1) is 11.8 Å². The Bertz CT molecular complexity index is 146. The zero-order valence-corrected chi connectivity index (χ0v) is 8.05. The summed E-state index contributed by atoms with van der Waals surface area (Å²) in [5.74, 6) is 1.38. The second kappa shape index (κ2) is 3.35. The zero-order chi connectivity index (χ0) is 8.55. The van der Waals surface area contributed by atoms with Crippen LogP contribution in [0.4, 0.5) is 0 Å². The summed E-state index contributed by atoms with van der Waals surface area (Å²) in [6, 6.07) is 1.53. The van der Waals surface area contributed by atoms with Crippen LogP contribution in [0.5, 0.6) is 0 Å². The predicted molar refractivity (Wildman–Crippen MR) is 49.1 cm³/mol. The van der Waals surface area contributed by atoms with Crippen LogP contribution >= 0.6 is 0 Å². The molecule has 2 aliphatic rings. The molecule has 0 amide bonds. The van der Waals surface area contributed by atoms with Gasteiger partial charge in [0.15, 0.2) is 0 Å². The highest BCUT2D eigenvalue weighted by atomic mass is 16.5. The first-order valence-electron chi connectivity index (χ1n) is 5.11. The molecule has 1 aliphatic carbocycles. The van der Waals surface area contributed by atoms with Crippen molar-refractivity contribution in [2.45, 2.75) is 38.8 Å². The van der Waals surface area contributed by atoms with E-state index in [2.05, 4.69) is 19.2 Å². The van der Waals surface area contributed by atoms with Crippen molar-refractivity contribution in [1.82, 2.24) is 5.32 Å². The van der Waals surface area contributed by atoms with Gasteiger partial charge in [-0.15, -0.1) is 0 Å². The van der Waals surface area contributed by atoms with E-state index in [4.69, 9.17) is 4.74 Å². The van der Waals surface area contributed by atoms with Crippen molar-refractivity contribution in [3.63, 3.8) is 0 Å². The van der Waals surface area contributed by atoms with E-state index >= 15 is 0 Å². The van der Waals surface area contributed by atoms with E-state index in [-0.39, 0.29) is 0 Å². The highest BCUT2D eigenvalue weighted by Crippen LogP contribution is 2.26. The molecule has 0 spiro atoms. The largest absolute Gasteiger partial charge is 0.381 e. The van der Waals surface area contributed by atoms with Crippen LogP contribution in [-0.4, -0.2) is 25.3 Å². The fraction of sp³-hybridized carbons (Fsp3) is 1.00. The molecule has 1 saturated carbocycles. The molecule has 1 aliphatic heterocycles. The molecule has 0 unspecified atom stereocenters. The standard InChI is InChI=1S/C10H19NO/c1-7-5-12-6-8(2)10(7)11-9-3-4-9/h7-11H,3-6H2,1-2H3/t7-,8-/m1/s1. The number of nitrogens with one attached hydrogen (secondary N) is 1. The number of ether oxygens (including phenoxy) is 1. The molecule has 2 heteroatoms. The highest BCUT2D eigenvalue weighted by molar-refractivity contribution is 4.90. The van der Waals surface area contributed by atoms with E-state index in [0.717, 1.165) is 19.3 Å². The van der Waals surface area contributed by atoms with Gasteiger partial charge >= 0.3 is 0 Å². The van der Waals surface area contributed by atoms with E-state index in [1.165, 1.54) is 12.8 Å². The molecule has 1 N–H and O–H groups in total. The number of hydrogen-bond donors (Lipinski definition) is 1. The highest BCUT2D eigenvalue weighted by Gasteiger charge is 2.33. The monoisotopic (exact) mass is 169 g/mol. The van der Waals surface area contributed by atoms with Crippen LogP contribution in [0.15, 0.2) is 0 Å². The van der Waals surface area contributed by atoms with E-state index in [9.17, 15) is 0 Å².